The minimum absolute atomic E-state index is 0.0111. The van der Waals surface area contributed by atoms with Gasteiger partial charge < -0.3 is 15.0 Å². The Labute approximate surface area is 154 Å². The normalized spacial score (nSPS) is 14.4. The smallest absolute Gasteiger partial charge is 0.231 e. The molecule has 128 valence electrons. The predicted molar refractivity (Wildman–Crippen MR) is 102 cm³/mol. The number of aromatic nitrogens is 1. The van der Waals surface area contributed by atoms with Crippen molar-refractivity contribution in [1.82, 2.24) is 4.98 Å². The van der Waals surface area contributed by atoms with Gasteiger partial charge >= 0.3 is 0 Å². The molecular weight excluding hydrogens is 358 g/mol. The molecule has 1 amide bonds. The molecule has 1 aliphatic rings. The summed E-state index contributed by atoms with van der Waals surface area (Å²) < 4.78 is 6.44. The number of carbonyl (C=O) groups excluding carboxylic acids is 1. The van der Waals surface area contributed by atoms with Crippen LogP contribution < -0.4 is 15.0 Å². The molecule has 2 heterocycles. The van der Waals surface area contributed by atoms with E-state index in [0.717, 1.165) is 21.1 Å². The number of fused-ring (bicyclic) bond motifs is 1. The van der Waals surface area contributed by atoms with E-state index in [1.54, 1.807) is 30.6 Å². The number of thiazole rings is 1. The third-order valence-electron chi connectivity index (χ3n) is 4.25. The maximum Gasteiger partial charge on any atom is 0.231 e. The minimum Gasteiger partial charge on any atom is -0.494 e. The summed E-state index contributed by atoms with van der Waals surface area (Å²) in [7, 11) is 1.65. The number of ether oxygens (including phenoxy) is 1. The van der Waals surface area contributed by atoms with Gasteiger partial charge in [-0.05, 0) is 24.3 Å². The van der Waals surface area contributed by atoms with Crippen molar-refractivity contribution in [2.24, 2.45) is 5.92 Å². The number of para-hydroxylation sites is 2. The van der Waals surface area contributed by atoms with E-state index in [0.29, 0.717) is 23.8 Å². The van der Waals surface area contributed by atoms with Crippen LogP contribution in [0.25, 0.3) is 10.2 Å². The van der Waals surface area contributed by atoms with E-state index in [1.165, 1.54) is 0 Å². The summed E-state index contributed by atoms with van der Waals surface area (Å²) in [6, 6.07) is 13.1. The summed E-state index contributed by atoms with van der Waals surface area (Å²) in [5.74, 6) is 0.696. The third-order valence-corrected chi connectivity index (χ3v) is 5.66. The van der Waals surface area contributed by atoms with Gasteiger partial charge in [-0.3, -0.25) is 4.79 Å². The van der Waals surface area contributed by atoms with Crippen molar-refractivity contribution < 1.29 is 9.53 Å². The highest BCUT2D eigenvalue weighted by Gasteiger charge is 2.34. The van der Waals surface area contributed by atoms with Gasteiger partial charge in [-0.25, -0.2) is 4.98 Å². The number of benzene rings is 2. The molecule has 0 aliphatic carbocycles. The van der Waals surface area contributed by atoms with E-state index in [-0.39, 0.29) is 11.8 Å². The van der Waals surface area contributed by atoms with Gasteiger partial charge in [0.1, 0.15) is 11.3 Å². The van der Waals surface area contributed by atoms with Gasteiger partial charge in [-0.1, -0.05) is 41.1 Å². The topological polar surface area (TPSA) is 54.5 Å². The summed E-state index contributed by atoms with van der Waals surface area (Å²) >= 11 is 7.70. The van der Waals surface area contributed by atoms with E-state index in [1.807, 2.05) is 30.3 Å². The summed E-state index contributed by atoms with van der Waals surface area (Å²) in [5.41, 5.74) is 1.52. The second-order valence-corrected chi connectivity index (χ2v) is 7.29. The molecule has 1 saturated heterocycles. The molecular formula is C18H16ClN3O2S. The number of rotatable bonds is 4. The highest BCUT2D eigenvalue weighted by atomic mass is 35.5. The minimum atomic E-state index is -0.0646. The largest absolute Gasteiger partial charge is 0.494 e. The first-order valence-corrected chi connectivity index (χ1v) is 9.09. The van der Waals surface area contributed by atoms with E-state index in [2.05, 4.69) is 15.2 Å². The van der Waals surface area contributed by atoms with Crippen LogP contribution >= 0.6 is 22.9 Å². The maximum atomic E-state index is 12.4. The number of amides is 1. The molecule has 0 atom stereocenters. The van der Waals surface area contributed by atoms with Crippen LogP contribution in [0, 0.1) is 5.92 Å². The van der Waals surface area contributed by atoms with Crippen LogP contribution in [0.3, 0.4) is 0 Å². The Hall–Kier alpha value is -2.31. The fourth-order valence-electron chi connectivity index (χ4n) is 2.81. The van der Waals surface area contributed by atoms with Crippen molar-refractivity contribution in [2.75, 3.05) is 30.4 Å². The van der Waals surface area contributed by atoms with E-state index >= 15 is 0 Å². The number of nitrogens with zero attached hydrogens (tertiary/aromatic N) is 2. The zero-order chi connectivity index (χ0) is 17.4. The van der Waals surface area contributed by atoms with Crippen molar-refractivity contribution in [1.29, 1.82) is 0 Å². The molecule has 5 nitrogen and oxygen atoms in total. The fraction of sp³-hybridized carbons (Fsp3) is 0.222. The fourth-order valence-corrected chi connectivity index (χ4v) is 3.99. The van der Waals surface area contributed by atoms with Gasteiger partial charge in [0, 0.05) is 13.1 Å². The quantitative estimate of drug-likeness (QED) is 0.750. The summed E-state index contributed by atoms with van der Waals surface area (Å²) in [4.78, 5) is 19.1. The Kier molecular flexibility index (Phi) is 4.23. The van der Waals surface area contributed by atoms with Crippen LogP contribution in [0.2, 0.25) is 5.02 Å². The number of methoxy groups -OCH3 is 1. The van der Waals surface area contributed by atoms with E-state index in [9.17, 15) is 4.79 Å². The third kappa shape index (κ3) is 3.03. The molecule has 1 N–H and O–H groups in total. The first kappa shape index (κ1) is 16.2. The molecule has 7 heteroatoms. The molecule has 1 aliphatic heterocycles. The lowest BCUT2D eigenvalue weighted by molar-refractivity contribution is -0.120. The molecule has 25 heavy (non-hydrogen) atoms. The van der Waals surface area contributed by atoms with Crippen molar-refractivity contribution in [3.8, 4) is 5.75 Å². The second kappa shape index (κ2) is 6.54. The molecule has 0 spiro atoms. The summed E-state index contributed by atoms with van der Waals surface area (Å²) in [6.07, 6.45) is 0. The Morgan fingerprint density at radius 1 is 1.28 bits per heavy atom. The lowest BCUT2D eigenvalue weighted by atomic mass is 10.00. The van der Waals surface area contributed by atoms with Crippen LogP contribution in [0.5, 0.6) is 5.75 Å². The van der Waals surface area contributed by atoms with Gasteiger partial charge in [-0.15, -0.1) is 0 Å². The Morgan fingerprint density at radius 2 is 2.08 bits per heavy atom. The Balaban J connectivity index is 1.43. The summed E-state index contributed by atoms with van der Waals surface area (Å²) in [6.45, 7) is 1.30. The van der Waals surface area contributed by atoms with Gasteiger partial charge in [0.05, 0.1) is 28.4 Å². The SMILES string of the molecule is COc1cccc2sc(N3CC(C(=O)Nc4ccccc4Cl)C3)nc12. The average Bonchev–Trinajstić information content (AvgIpc) is 2.99. The van der Waals surface area contributed by atoms with Crippen LogP contribution in [0.15, 0.2) is 42.5 Å². The molecule has 0 saturated carbocycles. The molecule has 4 rings (SSSR count). The van der Waals surface area contributed by atoms with Gasteiger partial charge in [-0.2, -0.15) is 0 Å². The van der Waals surface area contributed by atoms with Crippen LogP contribution in [0.4, 0.5) is 10.8 Å². The first-order valence-electron chi connectivity index (χ1n) is 7.89. The van der Waals surface area contributed by atoms with Crippen molar-refractivity contribution in [2.45, 2.75) is 0 Å². The number of hydrogen-bond acceptors (Lipinski definition) is 5. The lowest BCUT2D eigenvalue weighted by Crippen LogP contribution is -2.52. The lowest BCUT2D eigenvalue weighted by Gasteiger charge is -2.37. The number of carbonyl (C=O) groups is 1. The zero-order valence-corrected chi connectivity index (χ0v) is 15.1. The second-order valence-electron chi connectivity index (χ2n) is 5.87. The van der Waals surface area contributed by atoms with E-state index in [4.69, 9.17) is 16.3 Å². The number of nitrogens with one attached hydrogen (secondary N) is 1. The number of anilines is 2. The van der Waals surface area contributed by atoms with Crippen molar-refractivity contribution >= 4 is 49.9 Å². The Bertz CT molecular complexity index is 937. The van der Waals surface area contributed by atoms with Gasteiger partial charge in [0.2, 0.25) is 5.91 Å². The molecule has 0 radical (unpaired) electrons. The maximum absolute atomic E-state index is 12.4. The van der Waals surface area contributed by atoms with Crippen LogP contribution in [-0.4, -0.2) is 31.1 Å². The molecule has 1 aromatic heterocycles. The van der Waals surface area contributed by atoms with E-state index < -0.39 is 0 Å². The molecule has 0 unspecified atom stereocenters. The van der Waals surface area contributed by atoms with Gasteiger partial charge in [0.25, 0.3) is 0 Å². The monoisotopic (exact) mass is 373 g/mol. The van der Waals surface area contributed by atoms with Crippen LogP contribution in [-0.2, 0) is 4.79 Å². The van der Waals surface area contributed by atoms with Crippen molar-refractivity contribution in [3.63, 3.8) is 0 Å². The number of hydrogen-bond donors (Lipinski definition) is 1. The standard InChI is InChI=1S/C18H16ClN3O2S/c1-24-14-7-4-8-15-16(14)21-18(25-15)22-9-11(10-22)17(23)20-13-6-3-2-5-12(13)19/h2-8,11H,9-10H2,1H3,(H,20,23). The first-order chi connectivity index (χ1) is 12.2. The highest BCUT2D eigenvalue weighted by Crippen LogP contribution is 2.36. The average molecular weight is 374 g/mol. The molecule has 2 aromatic carbocycles. The molecule has 0 bridgehead atoms. The molecule has 3 aromatic rings. The summed E-state index contributed by atoms with van der Waals surface area (Å²) in [5, 5.41) is 4.36. The molecule has 1 fully saturated rings. The number of halogens is 1. The zero-order valence-electron chi connectivity index (χ0n) is 13.5. The Morgan fingerprint density at radius 3 is 2.84 bits per heavy atom. The van der Waals surface area contributed by atoms with Gasteiger partial charge in [0.15, 0.2) is 5.13 Å². The highest BCUT2D eigenvalue weighted by molar-refractivity contribution is 7.22. The van der Waals surface area contributed by atoms with Crippen molar-refractivity contribution in [3.05, 3.63) is 47.5 Å². The predicted octanol–water partition coefficient (Wildman–Crippen LogP) is 4.03. The van der Waals surface area contributed by atoms with Crippen LogP contribution in [0.1, 0.15) is 0 Å².